The molecule has 98 valence electrons. The van der Waals surface area contributed by atoms with Gasteiger partial charge in [-0.15, -0.1) is 0 Å². The third-order valence-electron chi connectivity index (χ3n) is 3.10. The summed E-state index contributed by atoms with van der Waals surface area (Å²) in [5.74, 6) is -0.374. The van der Waals surface area contributed by atoms with E-state index >= 15 is 0 Å². The van der Waals surface area contributed by atoms with E-state index in [4.69, 9.17) is 16.3 Å². The Balaban J connectivity index is 2.04. The number of nitrogens with zero attached hydrogens (tertiary/aromatic N) is 1. The van der Waals surface area contributed by atoms with Gasteiger partial charge < -0.3 is 4.74 Å². The maximum atomic E-state index is 12.0. The molecule has 0 unspecified atom stereocenters. The van der Waals surface area contributed by atoms with Crippen LogP contribution in [0.5, 0.6) is 0 Å². The SMILES string of the molecule is O=C(OC1CCCCCC1)c1cc(Br)cnc1Cl. The normalized spacial score (nSPS) is 17.2. The van der Waals surface area contributed by atoms with Crippen LogP contribution in [0, 0.1) is 0 Å². The molecule has 3 nitrogen and oxygen atoms in total. The molecule has 0 amide bonds. The summed E-state index contributed by atoms with van der Waals surface area (Å²) in [5, 5.41) is 0.192. The Kier molecular flexibility index (Phi) is 5.01. The number of rotatable bonds is 2. The average molecular weight is 333 g/mol. The van der Waals surface area contributed by atoms with Gasteiger partial charge in [0.1, 0.15) is 11.3 Å². The van der Waals surface area contributed by atoms with Crippen molar-refractivity contribution in [1.29, 1.82) is 0 Å². The van der Waals surface area contributed by atoms with Crippen LogP contribution in [0.3, 0.4) is 0 Å². The highest BCUT2D eigenvalue weighted by Gasteiger charge is 2.20. The molecule has 1 saturated carbocycles. The number of halogens is 2. The Morgan fingerprint density at radius 1 is 1.33 bits per heavy atom. The van der Waals surface area contributed by atoms with Crippen LogP contribution in [0.2, 0.25) is 5.15 Å². The van der Waals surface area contributed by atoms with E-state index in [1.54, 1.807) is 12.3 Å². The highest BCUT2D eigenvalue weighted by atomic mass is 79.9. The number of ether oxygens (including phenoxy) is 1. The zero-order valence-corrected chi connectivity index (χ0v) is 12.3. The highest BCUT2D eigenvalue weighted by molar-refractivity contribution is 9.10. The van der Waals surface area contributed by atoms with Gasteiger partial charge in [-0.05, 0) is 47.7 Å². The van der Waals surface area contributed by atoms with E-state index in [1.807, 2.05) is 0 Å². The van der Waals surface area contributed by atoms with E-state index in [0.29, 0.717) is 5.56 Å². The van der Waals surface area contributed by atoms with Gasteiger partial charge in [0.25, 0.3) is 0 Å². The van der Waals surface area contributed by atoms with Crippen LogP contribution in [0.25, 0.3) is 0 Å². The van der Waals surface area contributed by atoms with Crippen LogP contribution in [-0.2, 0) is 4.74 Å². The molecule has 0 radical (unpaired) electrons. The first kappa shape index (κ1) is 13.8. The summed E-state index contributed by atoms with van der Waals surface area (Å²) in [6.07, 6.45) is 8.20. The van der Waals surface area contributed by atoms with Gasteiger partial charge in [-0.25, -0.2) is 9.78 Å². The first-order valence-electron chi connectivity index (χ1n) is 6.19. The molecular weight excluding hydrogens is 318 g/mol. The standard InChI is InChI=1S/C13H15BrClNO2/c14-9-7-11(12(15)16-8-9)13(17)18-10-5-3-1-2-4-6-10/h7-8,10H,1-6H2. The third kappa shape index (κ3) is 3.69. The smallest absolute Gasteiger partial charge is 0.341 e. The molecule has 1 fully saturated rings. The second kappa shape index (κ2) is 6.53. The number of carbonyl (C=O) groups excluding carboxylic acids is 1. The van der Waals surface area contributed by atoms with Crippen LogP contribution in [-0.4, -0.2) is 17.1 Å². The number of aromatic nitrogens is 1. The summed E-state index contributed by atoms with van der Waals surface area (Å²) in [4.78, 5) is 16.0. The lowest BCUT2D eigenvalue weighted by Crippen LogP contribution is -2.18. The van der Waals surface area contributed by atoms with Crippen molar-refractivity contribution in [3.8, 4) is 0 Å². The fourth-order valence-corrected chi connectivity index (χ4v) is 2.65. The fourth-order valence-electron chi connectivity index (χ4n) is 2.14. The summed E-state index contributed by atoms with van der Waals surface area (Å²) < 4.78 is 6.23. The van der Waals surface area contributed by atoms with Crippen LogP contribution in [0.4, 0.5) is 0 Å². The molecule has 0 N–H and O–H groups in total. The molecule has 1 aromatic heterocycles. The summed E-state index contributed by atoms with van der Waals surface area (Å²) in [6.45, 7) is 0. The lowest BCUT2D eigenvalue weighted by Gasteiger charge is -2.15. The van der Waals surface area contributed by atoms with Gasteiger partial charge >= 0.3 is 5.97 Å². The molecule has 2 rings (SSSR count). The van der Waals surface area contributed by atoms with Crippen molar-refractivity contribution in [2.24, 2.45) is 0 Å². The van der Waals surface area contributed by atoms with Gasteiger partial charge in [-0.2, -0.15) is 0 Å². The Hall–Kier alpha value is -0.610. The van der Waals surface area contributed by atoms with Crippen molar-refractivity contribution in [3.05, 3.63) is 27.5 Å². The molecule has 5 heteroatoms. The summed E-state index contributed by atoms with van der Waals surface area (Å²) >= 11 is 9.18. The molecule has 0 aliphatic heterocycles. The van der Waals surface area contributed by atoms with E-state index < -0.39 is 0 Å². The monoisotopic (exact) mass is 331 g/mol. The lowest BCUT2D eigenvalue weighted by atomic mass is 10.1. The molecule has 1 heterocycles. The number of carbonyl (C=O) groups is 1. The molecule has 0 bridgehead atoms. The van der Waals surface area contributed by atoms with E-state index in [9.17, 15) is 4.79 Å². The Bertz CT molecular complexity index is 431. The van der Waals surface area contributed by atoms with Gasteiger partial charge in [-0.1, -0.05) is 24.4 Å². The quantitative estimate of drug-likeness (QED) is 0.458. The number of esters is 1. The molecule has 0 atom stereocenters. The van der Waals surface area contributed by atoms with Crippen LogP contribution >= 0.6 is 27.5 Å². The van der Waals surface area contributed by atoms with Crippen LogP contribution in [0.15, 0.2) is 16.7 Å². The average Bonchev–Trinajstić information content (AvgIpc) is 2.61. The molecule has 18 heavy (non-hydrogen) atoms. The lowest BCUT2D eigenvalue weighted by molar-refractivity contribution is 0.0267. The minimum atomic E-state index is -0.374. The van der Waals surface area contributed by atoms with E-state index in [0.717, 1.165) is 30.2 Å². The van der Waals surface area contributed by atoms with E-state index in [-0.39, 0.29) is 17.2 Å². The van der Waals surface area contributed by atoms with Crippen molar-refractivity contribution in [3.63, 3.8) is 0 Å². The topological polar surface area (TPSA) is 39.2 Å². The Morgan fingerprint density at radius 3 is 2.67 bits per heavy atom. The maximum absolute atomic E-state index is 12.0. The van der Waals surface area contributed by atoms with Gasteiger partial charge in [0.15, 0.2) is 0 Å². The van der Waals surface area contributed by atoms with Crippen molar-refractivity contribution in [2.45, 2.75) is 44.6 Å². The van der Waals surface area contributed by atoms with E-state index in [2.05, 4.69) is 20.9 Å². The molecular formula is C13H15BrClNO2. The zero-order valence-electron chi connectivity index (χ0n) is 9.99. The molecule has 1 aliphatic carbocycles. The highest BCUT2D eigenvalue weighted by Crippen LogP contribution is 2.23. The van der Waals surface area contributed by atoms with Crippen molar-refractivity contribution >= 4 is 33.5 Å². The molecule has 1 aliphatic rings. The van der Waals surface area contributed by atoms with Crippen molar-refractivity contribution in [1.82, 2.24) is 4.98 Å². The number of pyridine rings is 1. The fraction of sp³-hybridized carbons (Fsp3) is 0.538. The second-order valence-corrected chi connectivity index (χ2v) is 5.78. The molecule has 1 aromatic rings. The molecule has 0 spiro atoms. The summed E-state index contributed by atoms with van der Waals surface area (Å²) in [5.41, 5.74) is 0.329. The van der Waals surface area contributed by atoms with Gasteiger partial charge in [0.05, 0.1) is 5.56 Å². The van der Waals surface area contributed by atoms with Gasteiger partial charge in [0, 0.05) is 10.7 Å². The van der Waals surface area contributed by atoms with Gasteiger partial charge in [0.2, 0.25) is 0 Å². The zero-order chi connectivity index (χ0) is 13.0. The summed E-state index contributed by atoms with van der Waals surface area (Å²) in [6, 6.07) is 1.65. The van der Waals surface area contributed by atoms with Crippen molar-refractivity contribution < 1.29 is 9.53 Å². The first-order valence-corrected chi connectivity index (χ1v) is 7.36. The third-order valence-corrected chi connectivity index (χ3v) is 3.84. The number of hydrogen-bond donors (Lipinski definition) is 0. The molecule has 0 saturated heterocycles. The Labute approximate surface area is 120 Å². The minimum absolute atomic E-state index is 0.0232. The Morgan fingerprint density at radius 2 is 2.00 bits per heavy atom. The molecule has 0 aromatic carbocycles. The maximum Gasteiger partial charge on any atom is 0.341 e. The number of hydrogen-bond acceptors (Lipinski definition) is 3. The largest absolute Gasteiger partial charge is 0.459 e. The first-order chi connectivity index (χ1) is 8.66. The predicted molar refractivity (Wildman–Crippen MR) is 73.9 cm³/mol. The van der Waals surface area contributed by atoms with Gasteiger partial charge in [-0.3, -0.25) is 0 Å². The predicted octanol–water partition coefficient (Wildman–Crippen LogP) is 4.38. The van der Waals surface area contributed by atoms with Crippen molar-refractivity contribution in [2.75, 3.05) is 0 Å². The second-order valence-electron chi connectivity index (χ2n) is 4.51. The van der Waals surface area contributed by atoms with Crippen LogP contribution < -0.4 is 0 Å². The van der Waals surface area contributed by atoms with Crippen LogP contribution in [0.1, 0.15) is 48.9 Å². The summed E-state index contributed by atoms with van der Waals surface area (Å²) in [7, 11) is 0. The minimum Gasteiger partial charge on any atom is -0.459 e. The van der Waals surface area contributed by atoms with E-state index in [1.165, 1.54) is 12.8 Å².